The molecule has 1 amide bonds. The van der Waals surface area contributed by atoms with Gasteiger partial charge in [0.15, 0.2) is 0 Å². The lowest BCUT2D eigenvalue weighted by atomic mass is 9.98. The highest BCUT2D eigenvalue weighted by Gasteiger charge is 2.28. The predicted octanol–water partition coefficient (Wildman–Crippen LogP) is 0.623. The SMILES string of the molecule is CO[C@H]1CNCC1NC(=O)CC1CCSCC1. The number of amides is 1. The molecule has 0 aliphatic carbocycles. The summed E-state index contributed by atoms with van der Waals surface area (Å²) in [5.41, 5.74) is 0. The molecule has 17 heavy (non-hydrogen) atoms. The quantitative estimate of drug-likeness (QED) is 0.776. The molecular weight excluding hydrogens is 236 g/mol. The fraction of sp³-hybridized carbons (Fsp3) is 0.917. The van der Waals surface area contributed by atoms with Crippen LogP contribution in [0.25, 0.3) is 0 Å². The first-order valence-corrected chi connectivity index (χ1v) is 7.55. The highest BCUT2D eigenvalue weighted by molar-refractivity contribution is 7.99. The third kappa shape index (κ3) is 3.86. The van der Waals surface area contributed by atoms with Crippen LogP contribution in [0.2, 0.25) is 0 Å². The van der Waals surface area contributed by atoms with Crippen molar-refractivity contribution < 1.29 is 9.53 Å². The minimum atomic E-state index is 0.126. The van der Waals surface area contributed by atoms with E-state index in [-0.39, 0.29) is 18.1 Å². The second-order valence-electron chi connectivity index (χ2n) is 4.87. The van der Waals surface area contributed by atoms with Crippen molar-refractivity contribution in [3.05, 3.63) is 0 Å². The van der Waals surface area contributed by atoms with E-state index in [2.05, 4.69) is 10.6 Å². The van der Waals surface area contributed by atoms with Crippen LogP contribution in [0.5, 0.6) is 0 Å². The first-order chi connectivity index (χ1) is 8.29. The Balaban J connectivity index is 1.72. The zero-order valence-electron chi connectivity index (χ0n) is 10.4. The topological polar surface area (TPSA) is 50.4 Å². The highest BCUT2D eigenvalue weighted by Crippen LogP contribution is 2.25. The Morgan fingerprint density at radius 3 is 2.88 bits per heavy atom. The van der Waals surface area contributed by atoms with Crippen LogP contribution in [0.1, 0.15) is 19.3 Å². The van der Waals surface area contributed by atoms with Crippen LogP contribution < -0.4 is 10.6 Å². The van der Waals surface area contributed by atoms with Gasteiger partial charge in [-0.1, -0.05) is 0 Å². The van der Waals surface area contributed by atoms with E-state index < -0.39 is 0 Å². The van der Waals surface area contributed by atoms with Gasteiger partial charge in [-0.2, -0.15) is 11.8 Å². The number of methoxy groups -OCH3 is 1. The lowest BCUT2D eigenvalue weighted by Crippen LogP contribution is -2.44. The van der Waals surface area contributed by atoms with Crippen LogP contribution in [0.4, 0.5) is 0 Å². The lowest BCUT2D eigenvalue weighted by molar-refractivity contribution is -0.123. The Morgan fingerprint density at radius 1 is 1.41 bits per heavy atom. The van der Waals surface area contributed by atoms with E-state index in [4.69, 9.17) is 4.74 Å². The molecule has 0 aromatic rings. The number of carbonyl (C=O) groups is 1. The molecule has 0 bridgehead atoms. The average molecular weight is 258 g/mol. The molecule has 98 valence electrons. The minimum Gasteiger partial charge on any atom is -0.378 e. The Morgan fingerprint density at radius 2 is 2.18 bits per heavy atom. The molecule has 2 aliphatic heterocycles. The molecule has 0 aromatic heterocycles. The van der Waals surface area contributed by atoms with E-state index in [9.17, 15) is 4.79 Å². The van der Waals surface area contributed by atoms with E-state index in [0.717, 1.165) is 13.1 Å². The van der Waals surface area contributed by atoms with Crippen LogP contribution in [0.3, 0.4) is 0 Å². The number of hydrogen-bond donors (Lipinski definition) is 2. The fourth-order valence-corrected chi connectivity index (χ4v) is 3.73. The molecule has 0 spiro atoms. The third-order valence-electron chi connectivity index (χ3n) is 3.62. The van der Waals surface area contributed by atoms with E-state index in [1.165, 1.54) is 24.3 Å². The first-order valence-electron chi connectivity index (χ1n) is 6.40. The molecule has 2 atom stereocenters. The summed E-state index contributed by atoms with van der Waals surface area (Å²) in [7, 11) is 1.70. The maximum Gasteiger partial charge on any atom is 0.220 e. The van der Waals surface area contributed by atoms with Gasteiger partial charge in [-0.15, -0.1) is 0 Å². The van der Waals surface area contributed by atoms with Gasteiger partial charge in [-0.3, -0.25) is 4.79 Å². The monoisotopic (exact) mass is 258 g/mol. The largest absolute Gasteiger partial charge is 0.378 e. The van der Waals surface area contributed by atoms with Gasteiger partial charge in [-0.05, 0) is 30.3 Å². The van der Waals surface area contributed by atoms with Crippen LogP contribution in [0.15, 0.2) is 0 Å². The summed E-state index contributed by atoms with van der Waals surface area (Å²) < 4.78 is 5.33. The fourth-order valence-electron chi connectivity index (χ4n) is 2.52. The first kappa shape index (κ1) is 13.2. The van der Waals surface area contributed by atoms with Gasteiger partial charge in [-0.25, -0.2) is 0 Å². The highest BCUT2D eigenvalue weighted by atomic mass is 32.2. The summed E-state index contributed by atoms with van der Waals surface area (Å²) in [5, 5.41) is 6.33. The lowest BCUT2D eigenvalue weighted by Gasteiger charge is -2.23. The van der Waals surface area contributed by atoms with Gasteiger partial charge in [0.2, 0.25) is 5.91 Å². The van der Waals surface area contributed by atoms with Gasteiger partial charge >= 0.3 is 0 Å². The van der Waals surface area contributed by atoms with Crippen molar-refractivity contribution in [2.45, 2.75) is 31.4 Å². The standard InChI is InChI=1S/C12H22N2O2S/c1-16-11-8-13-7-10(11)14-12(15)6-9-2-4-17-5-3-9/h9-11,13H,2-8H2,1H3,(H,14,15)/t10?,11-/m0/s1. The van der Waals surface area contributed by atoms with Crippen LogP contribution in [-0.4, -0.2) is 49.8 Å². The molecule has 4 nitrogen and oxygen atoms in total. The van der Waals surface area contributed by atoms with Crippen molar-refractivity contribution >= 4 is 17.7 Å². The zero-order valence-corrected chi connectivity index (χ0v) is 11.2. The average Bonchev–Trinajstić information content (AvgIpc) is 2.77. The van der Waals surface area contributed by atoms with Gasteiger partial charge in [0, 0.05) is 26.6 Å². The number of carbonyl (C=O) groups excluding carboxylic acids is 1. The smallest absolute Gasteiger partial charge is 0.220 e. The number of hydrogen-bond acceptors (Lipinski definition) is 4. The second kappa shape index (κ2) is 6.61. The molecule has 0 saturated carbocycles. The maximum atomic E-state index is 11.9. The molecule has 2 fully saturated rings. The molecule has 1 unspecified atom stereocenters. The third-order valence-corrected chi connectivity index (χ3v) is 4.67. The van der Waals surface area contributed by atoms with Crippen molar-refractivity contribution in [2.24, 2.45) is 5.92 Å². The number of rotatable bonds is 4. The van der Waals surface area contributed by atoms with Gasteiger partial charge < -0.3 is 15.4 Å². The zero-order chi connectivity index (χ0) is 12.1. The molecule has 5 heteroatoms. The Bertz CT molecular complexity index is 257. The molecule has 2 heterocycles. The van der Waals surface area contributed by atoms with Crippen molar-refractivity contribution in [1.29, 1.82) is 0 Å². The van der Waals surface area contributed by atoms with Crippen molar-refractivity contribution in [1.82, 2.24) is 10.6 Å². The summed E-state index contributed by atoms with van der Waals surface area (Å²) >= 11 is 2.00. The Kier molecular flexibility index (Phi) is 5.13. The summed E-state index contributed by atoms with van der Waals surface area (Å²) in [6.07, 6.45) is 3.19. The van der Waals surface area contributed by atoms with Gasteiger partial charge in [0.05, 0.1) is 12.1 Å². The van der Waals surface area contributed by atoms with Gasteiger partial charge in [0.25, 0.3) is 0 Å². The second-order valence-corrected chi connectivity index (χ2v) is 6.09. The molecule has 2 rings (SSSR count). The summed E-state index contributed by atoms with van der Waals surface area (Å²) in [5.74, 6) is 3.21. The van der Waals surface area contributed by atoms with Crippen molar-refractivity contribution in [2.75, 3.05) is 31.7 Å². The Hall–Kier alpha value is -0.260. The van der Waals surface area contributed by atoms with E-state index in [1.807, 2.05) is 11.8 Å². The molecule has 0 radical (unpaired) electrons. The van der Waals surface area contributed by atoms with Crippen molar-refractivity contribution in [3.8, 4) is 0 Å². The number of nitrogens with one attached hydrogen (secondary N) is 2. The normalized spacial score (nSPS) is 30.4. The molecule has 0 aromatic carbocycles. The number of ether oxygens (including phenoxy) is 1. The molecule has 2 saturated heterocycles. The minimum absolute atomic E-state index is 0.126. The maximum absolute atomic E-state index is 11.9. The van der Waals surface area contributed by atoms with Gasteiger partial charge in [0.1, 0.15) is 0 Å². The summed E-state index contributed by atoms with van der Waals surface area (Å²) in [4.78, 5) is 11.9. The van der Waals surface area contributed by atoms with E-state index in [1.54, 1.807) is 7.11 Å². The Labute approximate surface area is 107 Å². The van der Waals surface area contributed by atoms with Crippen LogP contribution >= 0.6 is 11.8 Å². The van der Waals surface area contributed by atoms with Crippen LogP contribution in [-0.2, 0) is 9.53 Å². The van der Waals surface area contributed by atoms with E-state index >= 15 is 0 Å². The van der Waals surface area contributed by atoms with E-state index in [0.29, 0.717) is 12.3 Å². The predicted molar refractivity (Wildman–Crippen MR) is 70.3 cm³/mol. The summed E-state index contributed by atoms with van der Waals surface area (Å²) in [6.45, 7) is 1.66. The van der Waals surface area contributed by atoms with Crippen LogP contribution in [0, 0.1) is 5.92 Å². The molecule has 2 aliphatic rings. The van der Waals surface area contributed by atoms with Crippen molar-refractivity contribution in [3.63, 3.8) is 0 Å². The molecular formula is C12H22N2O2S. The molecule has 2 N–H and O–H groups in total. The number of thioether (sulfide) groups is 1. The summed E-state index contributed by atoms with van der Waals surface area (Å²) in [6, 6.07) is 0.144.